The molecule has 0 radical (unpaired) electrons. The smallest absolute Gasteiger partial charge is 0.297 e. The van der Waals surface area contributed by atoms with Crippen molar-refractivity contribution in [2.45, 2.75) is 39.2 Å². The van der Waals surface area contributed by atoms with E-state index in [1.807, 2.05) is 25.1 Å². The number of anilines is 1. The number of phenolic OH excluding ortho intramolecular Hbond substituents is 1. The van der Waals surface area contributed by atoms with Gasteiger partial charge in [0.05, 0.1) is 5.69 Å². The van der Waals surface area contributed by atoms with Gasteiger partial charge in [0.2, 0.25) is 5.65 Å². The normalized spacial score (nSPS) is 17.9. The van der Waals surface area contributed by atoms with E-state index in [4.69, 9.17) is 16.0 Å². The number of nitrogens with one attached hydrogen (secondary N) is 1. The molecule has 4 rings (SSSR count). The lowest BCUT2D eigenvalue weighted by molar-refractivity contribution is 0.215. The molecule has 1 atom stereocenters. The van der Waals surface area contributed by atoms with Gasteiger partial charge in [-0.1, -0.05) is 18.5 Å². The van der Waals surface area contributed by atoms with E-state index in [-0.39, 0.29) is 5.75 Å². The number of fused-ring (bicyclic) bond motifs is 1. The molecule has 1 fully saturated rings. The summed E-state index contributed by atoms with van der Waals surface area (Å²) in [6, 6.07) is 7.83. The average molecular weight is 401 g/mol. The number of benzene rings is 1. The maximum atomic E-state index is 10.3. The molecule has 0 unspecified atom stereocenters. The minimum atomic E-state index is 0.108. The Bertz CT molecular complexity index is 963. The molecule has 3 aromatic rings. The monoisotopic (exact) mass is 400 g/mol. The van der Waals surface area contributed by atoms with E-state index in [0.717, 1.165) is 31.6 Å². The molecule has 1 saturated heterocycles. The lowest BCUT2D eigenvalue weighted by Gasteiger charge is -2.32. The summed E-state index contributed by atoms with van der Waals surface area (Å²) in [7, 11) is 0. The lowest BCUT2D eigenvalue weighted by Crippen LogP contribution is -2.42. The van der Waals surface area contributed by atoms with Gasteiger partial charge < -0.3 is 19.7 Å². The molecular formula is C21H25ClN4O2. The van der Waals surface area contributed by atoms with Crippen molar-refractivity contribution in [3.8, 4) is 17.0 Å². The summed E-state index contributed by atoms with van der Waals surface area (Å²) in [5, 5.41) is 14.2. The van der Waals surface area contributed by atoms with Gasteiger partial charge in [-0.05, 0) is 69.1 Å². The summed E-state index contributed by atoms with van der Waals surface area (Å²) >= 11 is 6.01. The number of nitrogens with zero attached hydrogens (tertiary/aromatic N) is 3. The van der Waals surface area contributed by atoms with Crippen LogP contribution in [0, 0.1) is 6.92 Å². The van der Waals surface area contributed by atoms with Crippen molar-refractivity contribution in [2.75, 3.05) is 25.0 Å². The molecule has 0 bridgehead atoms. The quantitative estimate of drug-likeness (QED) is 0.638. The van der Waals surface area contributed by atoms with Crippen LogP contribution in [0.2, 0.25) is 5.02 Å². The van der Waals surface area contributed by atoms with Crippen molar-refractivity contribution >= 4 is 28.8 Å². The topological polar surface area (TPSA) is 74.4 Å². The summed E-state index contributed by atoms with van der Waals surface area (Å²) in [6.07, 6.45) is 3.45. The number of aromatic nitrogens is 2. The lowest BCUT2D eigenvalue weighted by atomic mass is 10.0. The van der Waals surface area contributed by atoms with E-state index in [2.05, 4.69) is 27.1 Å². The maximum absolute atomic E-state index is 10.3. The third kappa shape index (κ3) is 3.93. The minimum Gasteiger partial charge on any atom is -0.507 e. The zero-order valence-corrected chi connectivity index (χ0v) is 17.0. The number of phenols is 1. The van der Waals surface area contributed by atoms with Gasteiger partial charge in [-0.2, -0.15) is 4.98 Å². The van der Waals surface area contributed by atoms with Gasteiger partial charge in [-0.25, -0.2) is 4.98 Å². The van der Waals surface area contributed by atoms with E-state index >= 15 is 0 Å². The molecule has 1 aromatic carbocycles. The van der Waals surface area contributed by atoms with E-state index in [0.29, 0.717) is 39.6 Å². The minimum absolute atomic E-state index is 0.108. The van der Waals surface area contributed by atoms with Crippen molar-refractivity contribution < 1.29 is 9.52 Å². The third-order valence-corrected chi connectivity index (χ3v) is 5.38. The number of rotatable bonds is 5. The maximum Gasteiger partial charge on any atom is 0.297 e. The third-order valence-electron chi connectivity index (χ3n) is 5.16. The van der Waals surface area contributed by atoms with E-state index in [1.54, 1.807) is 0 Å². The van der Waals surface area contributed by atoms with Crippen LogP contribution in [-0.2, 0) is 0 Å². The average Bonchev–Trinajstić information content (AvgIpc) is 3.03. The molecule has 6 nitrogen and oxygen atoms in total. The van der Waals surface area contributed by atoms with E-state index in [9.17, 15) is 5.11 Å². The summed E-state index contributed by atoms with van der Waals surface area (Å²) in [5.41, 5.74) is 3.31. The van der Waals surface area contributed by atoms with Crippen LogP contribution in [0.15, 0.2) is 28.7 Å². The van der Waals surface area contributed by atoms with Gasteiger partial charge in [0, 0.05) is 23.2 Å². The molecular weight excluding hydrogens is 376 g/mol. The molecule has 7 heteroatoms. The van der Waals surface area contributed by atoms with E-state index in [1.165, 1.54) is 18.9 Å². The number of hydrogen-bond donors (Lipinski definition) is 2. The van der Waals surface area contributed by atoms with Crippen LogP contribution in [0.25, 0.3) is 22.5 Å². The van der Waals surface area contributed by atoms with Crippen LogP contribution in [0.3, 0.4) is 0 Å². The molecule has 0 saturated carbocycles. The van der Waals surface area contributed by atoms with Crippen LogP contribution >= 0.6 is 11.6 Å². The Morgan fingerprint density at radius 3 is 2.96 bits per heavy atom. The molecule has 0 amide bonds. The van der Waals surface area contributed by atoms with Crippen molar-refractivity contribution in [2.24, 2.45) is 0 Å². The molecule has 0 spiro atoms. The van der Waals surface area contributed by atoms with Gasteiger partial charge in [-0.15, -0.1) is 0 Å². The molecule has 28 heavy (non-hydrogen) atoms. The number of likely N-dealkylation sites (tertiary alicyclic amines) is 1. The Balaban J connectivity index is 1.57. The fourth-order valence-corrected chi connectivity index (χ4v) is 4.21. The summed E-state index contributed by atoms with van der Waals surface area (Å²) < 4.78 is 5.85. The number of hydrogen-bond acceptors (Lipinski definition) is 6. The van der Waals surface area contributed by atoms with Crippen LogP contribution in [0.1, 0.15) is 31.7 Å². The van der Waals surface area contributed by atoms with E-state index < -0.39 is 0 Å². The number of aryl methyl sites for hydroxylation is 1. The first-order valence-electron chi connectivity index (χ1n) is 9.79. The van der Waals surface area contributed by atoms with Gasteiger partial charge in [0.15, 0.2) is 5.58 Å². The number of pyridine rings is 1. The first kappa shape index (κ1) is 19.0. The largest absolute Gasteiger partial charge is 0.507 e. The Hall–Kier alpha value is -2.31. The van der Waals surface area contributed by atoms with Crippen molar-refractivity contribution in [1.29, 1.82) is 0 Å². The zero-order valence-electron chi connectivity index (χ0n) is 16.2. The van der Waals surface area contributed by atoms with Crippen LogP contribution in [-0.4, -0.2) is 45.7 Å². The Kier molecular flexibility index (Phi) is 5.42. The molecule has 1 aliphatic rings. The molecule has 1 aliphatic heterocycles. The Labute approximate surface area is 169 Å². The Morgan fingerprint density at radius 2 is 2.18 bits per heavy atom. The van der Waals surface area contributed by atoms with Crippen molar-refractivity contribution in [1.82, 2.24) is 14.9 Å². The number of halogens is 1. The number of piperidine rings is 1. The predicted molar refractivity (Wildman–Crippen MR) is 112 cm³/mol. The van der Waals surface area contributed by atoms with Crippen molar-refractivity contribution in [3.05, 3.63) is 34.9 Å². The molecule has 148 valence electrons. The van der Waals surface area contributed by atoms with Crippen LogP contribution in [0.4, 0.5) is 6.01 Å². The van der Waals surface area contributed by atoms with Gasteiger partial charge in [0.25, 0.3) is 6.01 Å². The number of oxazole rings is 1. The first-order valence-corrected chi connectivity index (χ1v) is 10.2. The van der Waals surface area contributed by atoms with Crippen LogP contribution < -0.4 is 5.32 Å². The second kappa shape index (κ2) is 7.97. The summed E-state index contributed by atoms with van der Waals surface area (Å²) in [4.78, 5) is 11.6. The SMILES string of the molecule is CCCN1CCC[C@@H](Nc2nc3nc(-c4c(C)cc(Cl)cc4O)ccc3o2)C1. The number of aromatic hydroxyl groups is 1. The highest BCUT2D eigenvalue weighted by Gasteiger charge is 2.21. The standard InChI is InChI=1S/C21H25ClN4O2/c1-3-8-26-9-4-5-15(12-26)23-21-25-20-18(28-21)7-6-16(24-20)19-13(2)10-14(22)11-17(19)27/h6-7,10-11,15,27H,3-5,8-9,12H2,1-2H3,(H,23,24,25)/t15-/m1/s1. The van der Waals surface area contributed by atoms with Gasteiger partial charge >= 0.3 is 0 Å². The highest BCUT2D eigenvalue weighted by molar-refractivity contribution is 6.31. The second-order valence-electron chi connectivity index (χ2n) is 7.44. The van der Waals surface area contributed by atoms with Gasteiger partial charge in [-0.3, -0.25) is 0 Å². The van der Waals surface area contributed by atoms with Crippen molar-refractivity contribution in [3.63, 3.8) is 0 Å². The summed E-state index contributed by atoms with van der Waals surface area (Å²) in [6.45, 7) is 7.40. The second-order valence-corrected chi connectivity index (χ2v) is 7.87. The van der Waals surface area contributed by atoms with Gasteiger partial charge in [0.1, 0.15) is 5.75 Å². The van der Waals surface area contributed by atoms with Crippen LogP contribution in [0.5, 0.6) is 5.75 Å². The fraction of sp³-hybridized carbons (Fsp3) is 0.429. The fourth-order valence-electron chi connectivity index (χ4n) is 3.95. The summed E-state index contributed by atoms with van der Waals surface area (Å²) in [5.74, 6) is 0.108. The molecule has 3 heterocycles. The zero-order chi connectivity index (χ0) is 19.7. The molecule has 2 aromatic heterocycles. The molecule has 2 N–H and O–H groups in total. The highest BCUT2D eigenvalue weighted by Crippen LogP contribution is 2.35. The highest BCUT2D eigenvalue weighted by atomic mass is 35.5. The first-order chi connectivity index (χ1) is 13.5. The Morgan fingerprint density at radius 1 is 1.32 bits per heavy atom. The molecule has 0 aliphatic carbocycles. The predicted octanol–water partition coefficient (Wildman–Crippen LogP) is 4.84.